The summed E-state index contributed by atoms with van der Waals surface area (Å²) in [6.45, 7) is 1.72. The maximum absolute atomic E-state index is 10.3. The van der Waals surface area contributed by atoms with Gasteiger partial charge >= 0.3 is 0 Å². The number of aromatic hydroxyl groups is 1. The second kappa shape index (κ2) is 2.51. The van der Waals surface area contributed by atoms with Crippen molar-refractivity contribution in [3.63, 3.8) is 0 Å². The highest BCUT2D eigenvalue weighted by Gasteiger charge is 2.14. The molecule has 1 aromatic carbocycles. The summed E-state index contributed by atoms with van der Waals surface area (Å²) in [5.74, 6) is -0.295. The number of phenols is 1. The van der Waals surface area contributed by atoms with Crippen LogP contribution in [-0.4, -0.2) is 15.4 Å². The first kappa shape index (κ1) is 7.66. The normalized spacial score (nSPS) is 10.5. The molecule has 1 heterocycles. The molecule has 0 aliphatic rings. The monoisotopic (exact) mass is 179 g/mol. The number of fused-ring (bicyclic) bond motifs is 1. The Labute approximate surface area is 72.1 Å². The van der Waals surface area contributed by atoms with Gasteiger partial charge in [-0.1, -0.05) is 0 Å². The highest BCUT2D eigenvalue weighted by atomic mass is 16.6. The number of phenolic OH excluding ortho intramolecular Hbond substituents is 1. The van der Waals surface area contributed by atoms with Gasteiger partial charge in [-0.15, -0.1) is 4.91 Å². The minimum atomic E-state index is -0.295. The van der Waals surface area contributed by atoms with Crippen molar-refractivity contribution in [3.05, 3.63) is 16.5 Å². The topological polar surface area (TPSA) is 88.6 Å². The summed E-state index contributed by atoms with van der Waals surface area (Å²) < 4.78 is 4.42. The van der Waals surface area contributed by atoms with E-state index in [4.69, 9.17) is 0 Å². The summed E-state index contributed by atoms with van der Waals surface area (Å²) in [5, 5.41) is 19.1. The van der Waals surface area contributed by atoms with Crippen LogP contribution in [0.25, 0.3) is 11.0 Å². The second-order valence-electron chi connectivity index (χ2n) is 2.61. The van der Waals surface area contributed by atoms with Crippen LogP contribution in [0.1, 0.15) is 5.56 Å². The van der Waals surface area contributed by atoms with Gasteiger partial charge in [-0.2, -0.15) is 0 Å². The van der Waals surface area contributed by atoms with E-state index in [-0.39, 0.29) is 17.0 Å². The molecule has 2 rings (SSSR count). The molecule has 0 atom stereocenters. The molecule has 0 aliphatic carbocycles. The number of nitrogens with zero attached hydrogens (tertiary/aromatic N) is 3. The van der Waals surface area contributed by atoms with Crippen LogP contribution in [-0.2, 0) is 0 Å². The highest BCUT2D eigenvalue weighted by Crippen LogP contribution is 2.34. The fourth-order valence-electron chi connectivity index (χ4n) is 1.14. The van der Waals surface area contributed by atoms with Gasteiger partial charge in [0.2, 0.25) is 0 Å². The van der Waals surface area contributed by atoms with E-state index in [9.17, 15) is 10.0 Å². The molecule has 13 heavy (non-hydrogen) atoms. The number of benzene rings is 1. The van der Waals surface area contributed by atoms with Crippen LogP contribution >= 0.6 is 0 Å². The minimum Gasteiger partial charge on any atom is -0.504 e. The molecular weight excluding hydrogens is 174 g/mol. The van der Waals surface area contributed by atoms with E-state index in [1.54, 1.807) is 6.92 Å². The molecule has 0 fully saturated rings. The van der Waals surface area contributed by atoms with E-state index in [2.05, 4.69) is 20.1 Å². The number of rotatable bonds is 1. The Kier molecular flexibility index (Phi) is 1.48. The minimum absolute atomic E-state index is 0.0549. The van der Waals surface area contributed by atoms with Gasteiger partial charge < -0.3 is 5.11 Å². The smallest absolute Gasteiger partial charge is 0.179 e. The van der Waals surface area contributed by atoms with E-state index >= 15 is 0 Å². The van der Waals surface area contributed by atoms with E-state index in [1.807, 2.05) is 0 Å². The number of aromatic nitrogens is 2. The summed E-state index contributed by atoms with van der Waals surface area (Å²) in [5.41, 5.74) is 1.23. The Morgan fingerprint density at radius 1 is 1.46 bits per heavy atom. The fourth-order valence-corrected chi connectivity index (χ4v) is 1.14. The summed E-state index contributed by atoms with van der Waals surface area (Å²) in [6, 6.07) is 1.43. The Hall–Kier alpha value is -1.98. The van der Waals surface area contributed by atoms with Crippen LogP contribution < -0.4 is 0 Å². The number of hydrogen-bond acceptors (Lipinski definition) is 6. The van der Waals surface area contributed by atoms with Gasteiger partial charge in [-0.25, -0.2) is 4.63 Å². The van der Waals surface area contributed by atoms with Crippen LogP contribution in [0.5, 0.6) is 5.75 Å². The van der Waals surface area contributed by atoms with Crippen molar-refractivity contribution >= 4 is 16.7 Å². The standard InChI is InChI=1S/C7H5N3O3/c1-3-2-4(8-12)7(11)6-5(3)9-13-10-6/h2,11H,1H3. The third-order valence-electron chi connectivity index (χ3n) is 1.78. The zero-order chi connectivity index (χ0) is 9.42. The summed E-state index contributed by atoms with van der Waals surface area (Å²) in [6.07, 6.45) is 0. The van der Waals surface area contributed by atoms with Crippen molar-refractivity contribution in [2.75, 3.05) is 0 Å². The van der Waals surface area contributed by atoms with Crippen molar-refractivity contribution in [2.45, 2.75) is 6.92 Å². The quantitative estimate of drug-likeness (QED) is 0.672. The van der Waals surface area contributed by atoms with Crippen molar-refractivity contribution < 1.29 is 9.74 Å². The van der Waals surface area contributed by atoms with Gasteiger partial charge in [-0.3, -0.25) is 0 Å². The lowest BCUT2D eigenvalue weighted by atomic mass is 10.1. The lowest BCUT2D eigenvalue weighted by Crippen LogP contribution is -1.78. The zero-order valence-corrected chi connectivity index (χ0v) is 6.68. The highest BCUT2D eigenvalue weighted by molar-refractivity contribution is 5.88. The van der Waals surface area contributed by atoms with Crippen LogP contribution in [0.15, 0.2) is 15.9 Å². The first-order chi connectivity index (χ1) is 6.24. The van der Waals surface area contributed by atoms with E-state index in [1.165, 1.54) is 6.07 Å². The first-order valence-corrected chi connectivity index (χ1v) is 3.52. The van der Waals surface area contributed by atoms with Gasteiger partial charge in [0, 0.05) is 0 Å². The predicted molar refractivity (Wildman–Crippen MR) is 43.7 cm³/mol. The summed E-state index contributed by atoms with van der Waals surface area (Å²) in [7, 11) is 0. The molecule has 0 saturated carbocycles. The van der Waals surface area contributed by atoms with Gasteiger partial charge in [0.25, 0.3) is 0 Å². The third-order valence-corrected chi connectivity index (χ3v) is 1.78. The molecule has 1 N–H and O–H groups in total. The lowest BCUT2D eigenvalue weighted by Gasteiger charge is -1.96. The molecule has 66 valence electrons. The lowest BCUT2D eigenvalue weighted by molar-refractivity contribution is 0.314. The zero-order valence-electron chi connectivity index (χ0n) is 6.68. The van der Waals surface area contributed by atoms with Crippen molar-refractivity contribution in [2.24, 2.45) is 5.18 Å². The van der Waals surface area contributed by atoms with E-state index in [0.29, 0.717) is 11.1 Å². The molecule has 1 aromatic heterocycles. The van der Waals surface area contributed by atoms with Crippen LogP contribution in [0, 0.1) is 11.8 Å². The molecule has 0 aliphatic heterocycles. The Morgan fingerprint density at radius 3 is 2.85 bits per heavy atom. The molecule has 0 unspecified atom stereocenters. The van der Waals surface area contributed by atoms with Gasteiger partial charge in [0.05, 0.1) is 0 Å². The second-order valence-corrected chi connectivity index (χ2v) is 2.61. The SMILES string of the molecule is Cc1cc(N=O)c(O)c2nonc12. The average molecular weight is 179 g/mol. The molecule has 6 heteroatoms. The van der Waals surface area contributed by atoms with Gasteiger partial charge in [0.15, 0.2) is 17.0 Å². The largest absolute Gasteiger partial charge is 0.504 e. The Morgan fingerprint density at radius 2 is 2.15 bits per heavy atom. The first-order valence-electron chi connectivity index (χ1n) is 3.52. The molecule has 0 bridgehead atoms. The number of nitroso groups, excluding NO2 is 1. The number of aryl methyl sites for hydroxylation is 1. The predicted octanol–water partition coefficient (Wildman–Crippen LogP) is 1.63. The Bertz CT molecular complexity index is 477. The van der Waals surface area contributed by atoms with Crippen molar-refractivity contribution in [1.29, 1.82) is 0 Å². The van der Waals surface area contributed by atoms with Gasteiger partial charge in [-0.05, 0) is 34.0 Å². The Balaban J connectivity index is 2.93. The molecule has 0 saturated heterocycles. The maximum atomic E-state index is 10.3. The van der Waals surface area contributed by atoms with E-state index in [0.717, 1.165) is 0 Å². The molecule has 6 nitrogen and oxygen atoms in total. The van der Waals surface area contributed by atoms with Gasteiger partial charge in [0.1, 0.15) is 5.52 Å². The summed E-state index contributed by atoms with van der Waals surface area (Å²) in [4.78, 5) is 10.3. The van der Waals surface area contributed by atoms with Crippen LogP contribution in [0.3, 0.4) is 0 Å². The maximum Gasteiger partial charge on any atom is 0.179 e. The van der Waals surface area contributed by atoms with E-state index < -0.39 is 0 Å². The fraction of sp³-hybridized carbons (Fsp3) is 0.143. The molecular formula is C7H5N3O3. The molecule has 0 radical (unpaired) electrons. The third kappa shape index (κ3) is 0.952. The molecule has 2 aromatic rings. The molecule has 0 amide bonds. The van der Waals surface area contributed by atoms with Crippen LogP contribution in [0.2, 0.25) is 0 Å². The number of hydrogen-bond donors (Lipinski definition) is 1. The average Bonchev–Trinajstić information content (AvgIpc) is 2.60. The van der Waals surface area contributed by atoms with Crippen LogP contribution in [0.4, 0.5) is 5.69 Å². The summed E-state index contributed by atoms with van der Waals surface area (Å²) >= 11 is 0. The van der Waals surface area contributed by atoms with Crippen molar-refractivity contribution in [3.8, 4) is 5.75 Å². The van der Waals surface area contributed by atoms with Crippen molar-refractivity contribution in [1.82, 2.24) is 10.3 Å². The molecule has 0 spiro atoms.